The predicted octanol–water partition coefficient (Wildman–Crippen LogP) is 1.18. The zero-order chi connectivity index (χ0) is 15.6. The number of sulfonamides is 1. The van der Waals surface area contributed by atoms with Crippen molar-refractivity contribution < 1.29 is 12.8 Å². The first-order valence-corrected chi connectivity index (χ1v) is 7.88. The van der Waals surface area contributed by atoms with Gasteiger partial charge in [0.15, 0.2) is 0 Å². The highest BCUT2D eigenvalue weighted by molar-refractivity contribution is 7.89. The van der Waals surface area contributed by atoms with E-state index in [9.17, 15) is 12.8 Å². The molecular formula is C13H17FN4O2S. The zero-order valence-corrected chi connectivity index (χ0v) is 12.6. The van der Waals surface area contributed by atoms with Gasteiger partial charge in [0.05, 0.1) is 11.4 Å². The fourth-order valence-corrected chi connectivity index (χ4v) is 3.28. The average Bonchev–Trinajstić information content (AvgIpc) is 2.76. The number of hydrogen-bond acceptors (Lipinski definition) is 4. The smallest absolute Gasteiger partial charge is 0.245 e. The normalized spacial score (nSPS) is 11.8. The van der Waals surface area contributed by atoms with Gasteiger partial charge in [-0.05, 0) is 18.6 Å². The molecule has 1 heterocycles. The first-order valence-electron chi connectivity index (χ1n) is 6.40. The molecule has 3 N–H and O–H groups in total. The van der Waals surface area contributed by atoms with Crippen LogP contribution in [0.5, 0.6) is 0 Å². The third kappa shape index (κ3) is 3.22. The number of rotatable bonds is 5. The molecule has 8 heteroatoms. The van der Waals surface area contributed by atoms with Crippen molar-refractivity contribution in [1.82, 2.24) is 14.5 Å². The fraction of sp³-hybridized carbons (Fsp3) is 0.308. The highest BCUT2D eigenvalue weighted by Gasteiger charge is 2.22. The summed E-state index contributed by atoms with van der Waals surface area (Å²) >= 11 is 0. The second-order valence-electron chi connectivity index (χ2n) is 4.61. The van der Waals surface area contributed by atoms with Crippen molar-refractivity contribution in [3.63, 3.8) is 0 Å². The van der Waals surface area contributed by atoms with E-state index in [4.69, 9.17) is 5.73 Å². The number of aromatic nitrogens is 2. The number of nitrogens with two attached hydrogens (primary N) is 1. The summed E-state index contributed by atoms with van der Waals surface area (Å²) in [6, 6.07) is 3.77. The Morgan fingerprint density at radius 3 is 2.76 bits per heavy atom. The van der Waals surface area contributed by atoms with E-state index in [2.05, 4.69) is 9.82 Å². The van der Waals surface area contributed by atoms with Crippen LogP contribution >= 0.6 is 0 Å². The highest BCUT2D eigenvalue weighted by Crippen LogP contribution is 2.21. The first kappa shape index (κ1) is 15.5. The topological polar surface area (TPSA) is 90.0 Å². The fourth-order valence-electron chi connectivity index (χ4n) is 2.08. The van der Waals surface area contributed by atoms with Crippen LogP contribution in [-0.4, -0.2) is 18.2 Å². The van der Waals surface area contributed by atoms with Crippen molar-refractivity contribution in [3.05, 3.63) is 41.5 Å². The third-order valence-electron chi connectivity index (χ3n) is 3.05. The minimum Gasteiger partial charge on any atom is -0.398 e. The Morgan fingerprint density at radius 1 is 1.43 bits per heavy atom. The van der Waals surface area contributed by atoms with Gasteiger partial charge in [0.2, 0.25) is 10.0 Å². The van der Waals surface area contributed by atoms with Crippen LogP contribution in [0.1, 0.15) is 18.2 Å². The first-order chi connectivity index (χ1) is 9.85. The Bertz CT molecular complexity index is 735. The third-order valence-corrected chi connectivity index (χ3v) is 4.54. The van der Waals surface area contributed by atoms with Crippen LogP contribution in [0.15, 0.2) is 29.3 Å². The van der Waals surface area contributed by atoms with Crippen molar-refractivity contribution >= 4 is 15.7 Å². The lowest BCUT2D eigenvalue weighted by molar-refractivity contribution is 0.558. The predicted molar refractivity (Wildman–Crippen MR) is 77.4 cm³/mol. The van der Waals surface area contributed by atoms with E-state index in [0.717, 1.165) is 17.3 Å². The van der Waals surface area contributed by atoms with Crippen molar-refractivity contribution in [2.75, 3.05) is 5.73 Å². The minimum atomic E-state index is -4.02. The standard InChI is InChI=1S/C13H17FN4O2S/c1-3-12-9(8-18(2)17-12)7-16-21(19,20)13-10(14)5-4-6-11(13)15/h4-6,8,16H,3,7,15H2,1-2H3. The summed E-state index contributed by atoms with van der Waals surface area (Å²) in [7, 11) is -2.27. The largest absolute Gasteiger partial charge is 0.398 e. The number of benzene rings is 1. The maximum absolute atomic E-state index is 13.7. The summed E-state index contributed by atoms with van der Waals surface area (Å²) in [6.07, 6.45) is 2.41. The van der Waals surface area contributed by atoms with Gasteiger partial charge in [0.25, 0.3) is 0 Å². The molecular weight excluding hydrogens is 295 g/mol. The molecule has 114 valence electrons. The van der Waals surface area contributed by atoms with Crippen LogP contribution in [0.4, 0.5) is 10.1 Å². The molecule has 2 rings (SSSR count). The molecule has 0 aliphatic rings. The number of aryl methyl sites for hydroxylation is 2. The molecule has 0 amide bonds. The second kappa shape index (κ2) is 5.82. The average molecular weight is 312 g/mol. The number of nitrogens with one attached hydrogen (secondary N) is 1. The van der Waals surface area contributed by atoms with Crippen LogP contribution in [0.3, 0.4) is 0 Å². The lowest BCUT2D eigenvalue weighted by Gasteiger charge is -2.09. The number of hydrogen-bond donors (Lipinski definition) is 2. The van der Waals surface area contributed by atoms with Gasteiger partial charge in [-0.15, -0.1) is 0 Å². The van der Waals surface area contributed by atoms with Gasteiger partial charge < -0.3 is 5.73 Å². The summed E-state index contributed by atoms with van der Waals surface area (Å²) in [5, 5.41) is 4.22. The molecule has 0 saturated heterocycles. The van der Waals surface area contributed by atoms with Gasteiger partial charge in [0.1, 0.15) is 10.7 Å². The number of nitrogens with zero attached hydrogens (tertiary/aromatic N) is 2. The number of nitrogen functional groups attached to an aromatic ring is 1. The van der Waals surface area contributed by atoms with E-state index in [-0.39, 0.29) is 12.2 Å². The number of anilines is 1. The van der Waals surface area contributed by atoms with Gasteiger partial charge >= 0.3 is 0 Å². The molecule has 0 radical (unpaired) electrons. The van der Waals surface area contributed by atoms with Crippen LogP contribution in [-0.2, 0) is 30.0 Å². The van der Waals surface area contributed by atoms with Crippen LogP contribution < -0.4 is 10.5 Å². The van der Waals surface area contributed by atoms with Crippen LogP contribution in [0.2, 0.25) is 0 Å². The zero-order valence-electron chi connectivity index (χ0n) is 11.8. The van der Waals surface area contributed by atoms with E-state index in [1.165, 1.54) is 12.1 Å². The Labute approximate surface area is 122 Å². The molecule has 0 atom stereocenters. The molecule has 0 spiro atoms. The Kier molecular flexibility index (Phi) is 4.29. The summed E-state index contributed by atoms with van der Waals surface area (Å²) in [6.45, 7) is 1.96. The maximum Gasteiger partial charge on any atom is 0.245 e. The Hall–Kier alpha value is -1.93. The molecule has 0 fully saturated rings. The van der Waals surface area contributed by atoms with Crippen LogP contribution in [0, 0.1) is 5.82 Å². The van der Waals surface area contributed by atoms with Gasteiger partial charge in [-0.1, -0.05) is 13.0 Å². The molecule has 2 aromatic rings. The van der Waals surface area contributed by atoms with Crippen molar-refractivity contribution in [2.24, 2.45) is 7.05 Å². The molecule has 0 aliphatic carbocycles. The van der Waals surface area contributed by atoms with Gasteiger partial charge in [-0.3, -0.25) is 4.68 Å². The Balaban J connectivity index is 2.26. The molecule has 6 nitrogen and oxygen atoms in total. The quantitative estimate of drug-likeness (QED) is 0.811. The van der Waals surface area contributed by atoms with Gasteiger partial charge in [-0.2, -0.15) is 5.10 Å². The van der Waals surface area contributed by atoms with E-state index in [0.29, 0.717) is 6.42 Å². The Morgan fingerprint density at radius 2 is 2.14 bits per heavy atom. The minimum absolute atomic E-state index is 0.0348. The maximum atomic E-state index is 13.7. The summed E-state index contributed by atoms with van der Waals surface area (Å²) in [4.78, 5) is -0.521. The van der Waals surface area contributed by atoms with Crippen molar-refractivity contribution in [2.45, 2.75) is 24.8 Å². The van der Waals surface area contributed by atoms with E-state index in [1.807, 2.05) is 6.92 Å². The lowest BCUT2D eigenvalue weighted by Crippen LogP contribution is -2.25. The summed E-state index contributed by atoms with van der Waals surface area (Å²) in [5.41, 5.74) is 6.98. The lowest BCUT2D eigenvalue weighted by atomic mass is 10.2. The van der Waals surface area contributed by atoms with Crippen LogP contribution in [0.25, 0.3) is 0 Å². The molecule has 0 bridgehead atoms. The summed E-state index contributed by atoms with van der Waals surface area (Å²) < 4.78 is 42.1. The van der Waals surface area contributed by atoms with E-state index < -0.39 is 20.7 Å². The second-order valence-corrected chi connectivity index (χ2v) is 6.31. The van der Waals surface area contributed by atoms with E-state index in [1.54, 1.807) is 17.9 Å². The molecule has 1 aromatic heterocycles. The highest BCUT2D eigenvalue weighted by atomic mass is 32.2. The van der Waals surface area contributed by atoms with Gasteiger partial charge in [0, 0.05) is 25.4 Å². The number of halogens is 1. The molecule has 0 aliphatic heterocycles. The molecule has 0 unspecified atom stereocenters. The van der Waals surface area contributed by atoms with Gasteiger partial charge in [-0.25, -0.2) is 17.5 Å². The van der Waals surface area contributed by atoms with Crippen molar-refractivity contribution in [1.29, 1.82) is 0 Å². The SMILES string of the molecule is CCc1nn(C)cc1CNS(=O)(=O)c1c(N)cccc1F. The van der Waals surface area contributed by atoms with Crippen molar-refractivity contribution in [3.8, 4) is 0 Å². The van der Waals surface area contributed by atoms with E-state index >= 15 is 0 Å². The molecule has 21 heavy (non-hydrogen) atoms. The molecule has 1 aromatic carbocycles. The monoisotopic (exact) mass is 312 g/mol. The molecule has 0 saturated carbocycles. The summed E-state index contributed by atoms with van der Waals surface area (Å²) in [5.74, 6) is -0.871.